The molecular weight excluding hydrogens is 631 g/mol. The maximum Gasteiger partial charge on any atom is 0.319 e. The predicted octanol–water partition coefficient (Wildman–Crippen LogP) is 5.85. The Morgan fingerprint density at radius 2 is 2.06 bits per heavy atom. The van der Waals surface area contributed by atoms with Crippen LogP contribution in [0.25, 0.3) is 32.8 Å². The van der Waals surface area contributed by atoms with Crippen molar-refractivity contribution in [2.45, 2.75) is 43.4 Å². The number of halogens is 4. The molecule has 0 saturated carbocycles. The van der Waals surface area contributed by atoms with Crippen molar-refractivity contribution in [1.82, 2.24) is 24.8 Å². The van der Waals surface area contributed by atoms with E-state index in [0.717, 1.165) is 19.4 Å². The summed E-state index contributed by atoms with van der Waals surface area (Å²) in [7, 11) is 0. The molecule has 13 heteroatoms. The number of aromatic nitrogens is 3. The molecule has 0 aliphatic carbocycles. The Bertz CT molecular complexity index is 1950. The number of piperazine rings is 1. The number of ether oxygens (including phenoxy) is 1. The van der Waals surface area contributed by atoms with Crippen LogP contribution in [0.4, 0.5) is 19.0 Å². The van der Waals surface area contributed by atoms with Crippen molar-refractivity contribution in [2.75, 3.05) is 44.2 Å². The van der Waals surface area contributed by atoms with E-state index in [9.17, 15) is 14.4 Å². The average Bonchev–Trinajstić information content (AvgIpc) is 3.59. The molecule has 0 radical (unpaired) electrons. The van der Waals surface area contributed by atoms with Gasteiger partial charge in [-0.3, -0.25) is 14.7 Å². The Hall–Kier alpha value is -4.47. The molecule has 3 saturated heterocycles. The molecule has 47 heavy (non-hydrogen) atoms. The van der Waals surface area contributed by atoms with Gasteiger partial charge in [-0.2, -0.15) is 15.2 Å². The van der Waals surface area contributed by atoms with Gasteiger partial charge in [-0.15, -0.1) is 0 Å². The van der Waals surface area contributed by atoms with Gasteiger partial charge in [0.1, 0.15) is 29.9 Å². The molecule has 1 amide bonds. The standard InChI is InChI=1S/C34H31ClF3N7O2/c1-2-27(46)45-12-11-43(18-22(45)7-9-39)32-23-13-26(37)29(24-16-40-15-20-5-3-6-25(35)28(20)24)30(38)31(23)41-33(42-32)47-19-34-8-4-10-44(34)17-21(36)14-34/h2-3,5-6,13,15-16,21-22H,1,4,7-8,10-12,14,17-19H2/t21-,22+,34+/m1/s1. The Balaban J connectivity index is 1.36. The van der Waals surface area contributed by atoms with E-state index in [2.05, 4.69) is 32.5 Å². The molecular formula is C34H31ClF3N7O2. The summed E-state index contributed by atoms with van der Waals surface area (Å²) in [5.74, 6) is -1.92. The molecule has 0 bridgehead atoms. The molecule has 7 rings (SSSR count). The van der Waals surface area contributed by atoms with Crippen LogP contribution in [0.5, 0.6) is 6.01 Å². The topological polar surface area (TPSA) is 98.5 Å². The zero-order valence-electron chi connectivity index (χ0n) is 25.4. The third-order valence-corrected chi connectivity index (χ3v) is 9.96. The minimum atomic E-state index is -0.970. The first kappa shape index (κ1) is 31.1. The van der Waals surface area contributed by atoms with Gasteiger partial charge in [0.15, 0.2) is 5.82 Å². The van der Waals surface area contributed by atoms with E-state index in [-0.39, 0.29) is 72.4 Å². The molecule has 2 aromatic carbocycles. The van der Waals surface area contributed by atoms with E-state index in [1.54, 1.807) is 34.2 Å². The quantitative estimate of drug-likeness (QED) is 0.228. The first-order chi connectivity index (χ1) is 22.7. The smallest absolute Gasteiger partial charge is 0.319 e. The number of pyridine rings is 1. The van der Waals surface area contributed by atoms with Crippen LogP contribution in [-0.4, -0.2) is 87.7 Å². The fourth-order valence-corrected chi connectivity index (χ4v) is 7.76. The third-order valence-electron chi connectivity index (χ3n) is 9.64. The van der Waals surface area contributed by atoms with E-state index in [0.29, 0.717) is 28.8 Å². The molecule has 4 aromatic rings. The molecule has 5 heterocycles. The highest BCUT2D eigenvalue weighted by molar-refractivity contribution is 6.36. The number of rotatable bonds is 7. The lowest BCUT2D eigenvalue weighted by atomic mass is 9.95. The van der Waals surface area contributed by atoms with Crippen molar-refractivity contribution >= 4 is 45.0 Å². The van der Waals surface area contributed by atoms with Crippen molar-refractivity contribution in [2.24, 2.45) is 0 Å². The van der Waals surface area contributed by atoms with E-state index in [1.807, 2.05) is 0 Å². The largest absolute Gasteiger partial charge is 0.461 e. The summed E-state index contributed by atoms with van der Waals surface area (Å²) in [5, 5.41) is 11.0. The fourth-order valence-electron chi connectivity index (χ4n) is 7.47. The number of benzene rings is 2. The number of fused-ring (bicyclic) bond motifs is 3. The van der Waals surface area contributed by atoms with Crippen molar-refractivity contribution < 1.29 is 22.7 Å². The van der Waals surface area contributed by atoms with E-state index in [4.69, 9.17) is 16.3 Å². The Labute approximate surface area is 274 Å². The number of carbonyl (C=O) groups is 1. The van der Waals surface area contributed by atoms with Crippen LogP contribution in [0.3, 0.4) is 0 Å². The SMILES string of the molecule is C=CC(=O)N1CCN(c2nc(OC[C@@]34CCCN3C[C@H](F)C4)nc3c(F)c(-c4cncc5cccc(Cl)c45)c(F)cc23)C[C@@H]1CC#N. The van der Waals surface area contributed by atoms with Gasteiger partial charge in [0.05, 0.1) is 29.6 Å². The Morgan fingerprint density at radius 1 is 1.21 bits per heavy atom. The number of amides is 1. The third kappa shape index (κ3) is 5.41. The first-order valence-electron chi connectivity index (χ1n) is 15.5. The van der Waals surface area contributed by atoms with Gasteiger partial charge in [0.25, 0.3) is 0 Å². The zero-order chi connectivity index (χ0) is 32.9. The molecule has 0 N–H and O–H groups in total. The van der Waals surface area contributed by atoms with Crippen LogP contribution in [0.1, 0.15) is 25.7 Å². The highest BCUT2D eigenvalue weighted by Gasteiger charge is 2.49. The van der Waals surface area contributed by atoms with Gasteiger partial charge in [0.2, 0.25) is 5.91 Å². The van der Waals surface area contributed by atoms with E-state index >= 15 is 8.78 Å². The molecule has 9 nitrogen and oxygen atoms in total. The average molecular weight is 662 g/mol. The second-order valence-electron chi connectivity index (χ2n) is 12.4. The minimum Gasteiger partial charge on any atom is -0.461 e. The van der Waals surface area contributed by atoms with Crippen LogP contribution < -0.4 is 9.64 Å². The number of anilines is 1. The fraction of sp³-hybridized carbons (Fsp3) is 0.382. The van der Waals surface area contributed by atoms with Gasteiger partial charge in [0, 0.05) is 71.7 Å². The summed E-state index contributed by atoms with van der Waals surface area (Å²) in [6, 6.07) is 7.78. The van der Waals surface area contributed by atoms with E-state index < -0.39 is 29.4 Å². The summed E-state index contributed by atoms with van der Waals surface area (Å²) in [5.41, 5.74) is -0.870. The number of nitrogens with zero attached hydrogens (tertiary/aromatic N) is 7. The van der Waals surface area contributed by atoms with Gasteiger partial charge in [-0.05, 0) is 37.6 Å². The van der Waals surface area contributed by atoms with Crippen LogP contribution >= 0.6 is 11.6 Å². The number of hydrogen-bond donors (Lipinski definition) is 0. The number of alkyl halides is 1. The van der Waals surface area contributed by atoms with Gasteiger partial charge < -0.3 is 14.5 Å². The summed E-state index contributed by atoms with van der Waals surface area (Å²) >= 11 is 6.52. The van der Waals surface area contributed by atoms with E-state index in [1.165, 1.54) is 18.3 Å². The second kappa shape index (κ2) is 12.3. The second-order valence-corrected chi connectivity index (χ2v) is 12.8. The number of nitriles is 1. The lowest BCUT2D eigenvalue weighted by molar-refractivity contribution is -0.128. The predicted molar refractivity (Wildman–Crippen MR) is 172 cm³/mol. The van der Waals surface area contributed by atoms with Crippen molar-refractivity contribution in [3.63, 3.8) is 0 Å². The van der Waals surface area contributed by atoms with Gasteiger partial charge in [-0.25, -0.2) is 13.2 Å². The Kier molecular flexibility index (Phi) is 8.14. The lowest BCUT2D eigenvalue weighted by Crippen LogP contribution is -2.55. The normalized spacial score (nSPS) is 22.9. The molecule has 3 atom stereocenters. The zero-order valence-corrected chi connectivity index (χ0v) is 26.2. The summed E-state index contributed by atoms with van der Waals surface area (Å²) < 4.78 is 53.6. The molecule has 3 fully saturated rings. The molecule has 3 aliphatic heterocycles. The van der Waals surface area contributed by atoms with Crippen LogP contribution in [0, 0.1) is 23.0 Å². The monoisotopic (exact) mass is 661 g/mol. The van der Waals surface area contributed by atoms with Crippen molar-refractivity contribution in [1.29, 1.82) is 5.26 Å². The van der Waals surface area contributed by atoms with Crippen LogP contribution in [-0.2, 0) is 4.79 Å². The van der Waals surface area contributed by atoms with Crippen molar-refractivity contribution in [3.05, 3.63) is 66.0 Å². The van der Waals surface area contributed by atoms with Crippen LogP contribution in [0.15, 0.2) is 49.3 Å². The first-order valence-corrected chi connectivity index (χ1v) is 15.9. The van der Waals surface area contributed by atoms with Crippen molar-refractivity contribution in [3.8, 4) is 23.2 Å². The summed E-state index contributed by atoms with van der Waals surface area (Å²) in [6.07, 6.45) is 5.18. The highest BCUT2D eigenvalue weighted by atomic mass is 35.5. The summed E-state index contributed by atoms with van der Waals surface area (Å²) in [4.78, 5) is 31.3. The molecule has 0 spiro atoms. The minimum absolute atomic E-state index is 0.0346. The number of carbonyl (C=O) groups excluding carboxylic acids is 1. The van der Waals surface area contributed by atoms with Gasteiger partial charge in [-0.1, -0.05) is 30.3 Å². The molecule has 242 valence electrons. The highest BCUT2D eigenvalue weighted by Crippen LogP contribution is 2.42. The Morgan fingerprint density at radius 3 is 2.87 bits per heavy atom. The molecule has 3 aliphatic rings. The van der Waals surface area contributed by atoms with Crippen LogP contribution in [0.2, 0.25) is 5.02 Å². The molecule has 0 unspecified atom stereocenters. The summed E-state index contributed by atoms with van der Waals surface area (Å²) in [6.45, 7) is 5.45. The maximum atomic E-state index is 16.8. The molecule has 2 aromatic heterocycles. The lowest BCUT2D eigenvalue weighted by Gasteiger charge is -2.41. The van der Waals surface area contributed by atoms with Gasteiger partial charge >= 0.3 is 6.01 Å². The maximum absolute atomic E-state index is 16.8. The number of hydrogen-bond acceptors (Lipinski definition) is 8.